The van der Waals surface area contributed by atoms with Crippen LogP contribution in [0.3, 0.4) is 0 Å². The number of amides is 1. The van der Waals surface area contributed by atoms with Gasteiger partial charge >= 0.3 is 0 Å². The van der Waals surface area contributed by atoms with Crippen LogP contribution in [0.15, 0.2) is 54.7 Å². The van der Waals surface area contributed by atoms with Crippen LogP contribution in [0.4, 0.5) is 5.82 Å². The number of benzene rings is 2. The molecule has 2 heterocycles. The Hall–Kier alpha value is -3.12. The molecule has 1 saturated heterocycles. The van der Waals surface area contributed by atoms with Crippen molar-refractivity contribution in [3.8, 4) is 5.75 Å². The number of anilines is 1. The van der Waals surface area contributed by atoms with E-state index in [9.17, 15) is 4.79 Å². The Morgan fingerprint density at radius 1 is 1.19 bits per heavy atom. The SMILES string of the molecule is COc1ccc2cc([C@H]3CN(C(=O)c4ccnc(N)c4)CCO3)ccc2c1. The largest absolute Gasteiger partial charge is 0.497 e. The second-order valence-electron chi connectivity index (χ2n) is 6.55. The molecule has 6 heteroatoms. The van der Waals surface area contributed by atoms with Gasteiger partial charge in [-0.3, -0.25) is 4.79 Å². The highest BCUT2D eigenvalue weighted by Gasteiger charge is 2.26. The standard InChI is InChI=1S/C21H21N3O3/c1-26-18-5-4-14-10-16(3-2-15(14)11-18)19-13-24(8-9-27-19)21(25)17-6-7-23-20(22)12-17/h2-7,10-12,19H,8-9,13H2,1H3,(H2,22,23)/t19-/m1/s1. The number of methoxy groups -OCH3 is 1. The fourth-order valence-corrected chi connectivity index (χ4v) is 3.37. The Kier molecular flexibility index (Phi) is 4.64. The first kappa shape index (κ1) is 17.3. The number of nitrogens with zero attached hydrogens (tertiary/aromatic N) is 2. The molecule has 1 aliphatic heterocycles. The molecule has 1 aromatic heterocycles. The van der Waals surface area contributed by atoms with E-state index in [4.69, 9.17) is 15.2 Å². The first-order valence-corrected chi connectivity index (χ1v) is 8.84. The van der Waals surface area contributed by atoms with Crippen LogP contribution in [-0.2, 0) is 4.74 Å². The molecule has 0 unspecified atom stereocenters. The maximum absolute atomic E-state index is 12.8. The van der Waals surface area contributed by atoms with Gasteiger partial charge in [0.2, 0.25) is 0 Å². The summed E-state index contributed by atoms with van der Waals surface area (Å²) in [4.78, 5) is 18.5. The number of carbonyl (C=O) groups excluding carboxylic acids is 1. The first-order valence-electron chi connectivity index (χ1n) is 8.84. The minimum atomic E-state index is -0.159. The molecular formula is C21H21N3O3. The van der Waals surface area contributed by atoms with Crippen molar-refractivity contribution in [3.05, 3.63) is 65.9 Å². The molecule has 4 rings (SSSR count). The number of pyridine rings is 1. The minimum Gasteiger partial charge on any atom is -0.497 e. The summed E-state index contributed by atoms with van der Waals surface area (Å²) in [5.74, 6) is 1.12. The maximum atomic E-state index is 12.8. The number of carbonyl (C=O) groups is 1. The van der Waals surface area contributed by atoms with E-state index in [1.54, 1.807) is 30.3 Å². The van der Waals surface area contributed by atoms with Crippen molar-refractivity contribution in [1.82, 2.24) is 9.88 Å². The Balaban J connectivity index is 1.55. The zero-order chi connectivity index (χ0) is 18.8. The van der Waals surface area contributed by atoms with Crippen LogP contribution in [0.25, 0.3) is 10.8 Å². The van der Waals surface area contributed by atoms with Gasteiger partial charge in [-0.25, -0.2) is 4.98 Å². The van der Waals surface area contributed by atoms with Crippen molar-refractivity contribution in [1.29, 1.82) is 0 Å². The molecule has 1 aliphatic rings. The summed E-state index contributed by atoms with van der Waals surface area (Å²) < 4.78 is 11.2. The van der Waals surface area contributed by atoms with Gasteiger partial charge in [-0.05, 0) is 46.7 Å². The van der Waals surface area contributed by atoms with E-state index in [0.29, 0.717) is 31.1 Å². The second kappa shape index (κ2) is 7.25. The van der Waals surface area contributed by atoms with Crippen molar-refractivity contribution < 1.29 is 14.3 Å². The van der Waals surface area contributed by atoms with E-state index in [1.165, 1.54) is 0 Å². The summed E-state index contributed by atoms with van der Waals surface area (Å²) in [6.45, 7) is 1.56. The smallest absolute Gasteiger partial charge is 0.254 e. The van der Waals surface area contributed by atoms with E-state index in [0.717, 1.165) is 22.1 Å². The summed E-state index contributed by atoms with van der Waals surface area (Å²) in [5, 5.41) is 2.22. The van der Waals surface area contributed by atoms with Crippen molar-refractivity contribution in [2.24, 2.45) is 0 Å². The highest BCUT2D eigenvalue weighted by molar-refractivity contribution is 5.94. The monoisotopic (exact) mass is 363 g/mol. The molecule has 6 nitrogen and oxygen atoms in total. The molecule has 0 spiro atoms. The van der Waals surface area contributed by atoms with Gasteiger partial charge in [-0.15, -0.1) is 0 Å². The molecule has 0 bridgehead atoms. The third-order valence-electron chi connectivity index (χ3n) is 4.82. The summed E-state index contributed by atoms with van der Waals surface area (Å²) >= 11 is 0. The number of hydrogen-bond acceptors (Lipinski definition) is 5. The molecule has 1 amide bonds. The number of hydrogen-bond donors (Lipinski definition) is 1. The molecule has 1 fully saturated rings. The van der Waals surface area contributed by atoms with Crippen LogP contribution >= 0.6 is 0 Å². The van der Waals surface area contributed by atoms with Crippen LogP contribution in [0.5, 0.6) is 5.75 Å². The van der Waals surface area contributed by atoms with Crippen LogP contribution in [0.1, 0.15) is 22.0 Å². The molecule has 27 heavy (non-hydrogen) atoms. The number of nitrogens with two attached hydrogens (primary N) is 1. The zero-order valence-corrected chi connectivity index (χ0v) is 15.1. The third-order valence-corrected chi connectivity index (χ3v) is 4.82. The third kappa shape index (κ3) is 3.57. The van der Waals surface area contributed by atoms with E-state index in [-0.39, 0.29) is 12.0 Å². The predicted octanol–water partition coefficient (Wildman–Crippen LogP) is 3.04. The average Bonchev–Trinajstić information content (AvgIpc) is 2.72. The maximum Gasteiger partial charge on any atom is 0.254 e. The van der Waals surface area contributed by atoms with Crippen molar-refractivity contribution in [2.45, 2.75) is 6.10 Å². The van der Waals surface area contributed by atoms with E-state index < -0.39 is 0 Å². The molecule has 0 aliphatic carbocycles. The summed E-state index contributed by atoms with van der Waals surface area (Å²) in [5.41, 5.74) is 7.31. The van der Waals surface area contributed by atoms with Gasteiger partial charge in [0.05, 0.1) is 20.3 Å². The van der Waals surface area contributed by atoms with Gasteiger partial charge < -0.3 is 20.1 Å². The van der Waals surface area contributed by atoms with Crippen molar-refractivity contribution >= 4 is 22.5 Å². The highest BCUT2D eigenvalue weighted by Crippen LogP contribution is 2.28. The van der Waals surface area contributed by atoms with Gasteiger partial charge in [0.25, 0.3) is 5.91 Å². The number of morpholine rings is 1. The molecule has 0 radical (unpaired) electrons. The first-order chi connectivity index (χ1) is 13.1. The molecule has 1 atom stereocenters. The summed E-state index contributed by atoms with van der Waals surface area (Å²) in [6.07, 6.45) is 1.39. The fourth-order valence-electron chi connectivity index (χ4n) is 3.37. The van der Waals surface area contributed by atoms with Gasteiger partial charge in [0, 0.05) is 18.3 Å². The lowest BCUT2D eigenvalue weighted by molar-refractivity contribution is -0.0227. The Labute approximate surface area is 157 Å². The van der Waals surface area contributed by atoms with Gasteiger partial charge in [0.1, 0.15) is 17.7 Å². The summed E-state index contributed by atoms with van der Waals surface area (Å²) in [6, 6.07) is 15.5. The van der Waals surface area contributed by atoms with Gasteiger partial charge in [0.15, 0.2) is 0 Å². The van der Waals surface area contributed by atoms with Crippen LogP contribution in [0, 0.1) is 0 Å². The van der Waals surface area contributed by atoms with Gasteiger partial charge in [-0.1, -0.05) is 18.2 Å². The quantitative estimate of drug-likeness (QED) is 0.774. The highest BCUT2D eigenvalue weighted by atomic mass is 16.5. The number of nitrogen functional groups attached to an aromatic ring is 1. The second-order valence-corrected chi connectivity index (χ2v) is 6.55. The summed E-state index contributed by atoms with van der Waals surface area (Å²) in [7, 11) is 1.66. The lowest BCUT2D eigenvalue weighted by atomic mass is 10.0. The van der Waals surface area contributed by atoms with E-state index in [1.807, 2.05) is 24.3 Å². The lowest BCUT2D eigenvalue weighted by Gasteiger charge is -2.33. The van der Waals surface area contributed by atoms with Crippen LogP contribution in [0.2, 0.25) is 0 Å². The number of fused-ring (bicyclic) bond motifs is 1. The Morgan fingerprint density at radius 2 is 2.00 bits per heavy atom. The number of aromatic nitrogens is 1. The van der Waals surface area contributed by atoms with E-state index in [2.05, 4.69) is 17.1 Å². The average molecular weight is 363 g/mol. The van der Waals surface area contributed by atoms with Crippen LogP contribution in [-0.4, -0.2) is 42.6 Å². The Bertz CT molecular complexity index is 989. The molecule has 3 aromatic rings. The molecule has 138 valence electrons. The lowest BCUT2D eigenvalue weighted by Crippen LogP contribution is -2.42. The number of rotatable bonds is 3. The van der Waals surface area contributed by atoms with Gasteiger partial charge in [-0.2, -0.15) is 0 Å². The molecule has 2 aromatic carbocycles. The Morgan fingerprint density at radius 3 is 2.81 bits per heavy atom. The van der Waals surface area contributed by atoms with Crippen LogP contribution < -0.4 is 10.5 Å². The minimum absolute atomic E-state index is 0.0528. The topological polar surface area (TPSA) is 77.7 Å². The normalized spacial score (nSPS) is 17.1. The molecule has 0 saturated carbocycles. The fraction of sp³-hybridized carbons (Fsp3) is 0.238. The predicted molar refractivity (Wildman–Crippen MR) is 104 cm³/mol. The molecular weight excluding hydrogens is 342 g/mol. The van der Waals surface area contributed by atoms with Crippen molar-refractivity contribution in [3.63, 3.8) is 0 Å². The number of ether oxygens (including phenoxy) is 2. The van der Waals surface area contributed by atoms with E-state index >= 15 is 0 Å². The van der Waals surface area contributed by atoms with Crippen molar-refractivity contribution in [2.75, 3.05) is 32.5 Å². The zero-order valence-electron chi connectivity index (χ0n) is 15.1. The molecule has 2 N–H and O–H groups in total.